The number of nitrogen functional groups attached to an aromatic ring is 1. The van der Waals surface area contributed by atoms with Gasteiger partial charge in [0.25, 0.3) is 0 Å². The van der Waals surface area contributed by atoms with Crippen molar-refractivity contribution in [1.82, 2.24) is 9.55 Å². The Morgan fingerprint density at radius 3 is 2.63 bits per heavy atom. The van der Waals surface area contributed by atoms with Gasteiger partial charge >= 0.3 is 0 Å². The van der Waals surface area contributed by atoms with Gasteiger partial charge in [-0.25, -0.2) is 13.8 Å². The van der Waals surface area contributed by atoms with Crippen LogP contribution in [0.2, 0.25) is 0 Å². The third-order valence-electron chi connectivity index (χ3n) is 2.45. The minimum absolute atomic E-state index is 0.0191. The number of hydrogen-bond acceptors (Lipinski definition) is 4. The van der Waals surface area contributed by atoms with Gasteiger partial charge in [0.05, 0.1) is 16.5 Å². The molecule has 0 amide bonds. The van der Waals surface area contributed by atoms with Crippen LogP contribution in [-0.4, -0.2) is 15.9 Å². The van der Waals surface area contributed by atoms with Gasteiger partial charge in [-0.2, -0.15) is 0 Å². The van der Waals surface area contributed by atoms with E-state index < -0.39 is 11.6 Å². The number of benzene rings is 1. The van der Waals surface area contributed by atoms with Crippen LogP contribution >= 0.6 is 15.9 Å². The highest BCUT2D eigenvalue weighted by Crippen LogP contribution is 2.30. The number of nitrogens with two attached hydrogens (primary N) is 1. The number of rotatable bonds is 2. The summed E-state index contributed by atoms with van der Waals surface area (Å²) in [5.74, 6) is -1.48. The normalized spacial score (nSPS) is 10.5. The zero-order valence-corrected chi connectivity index (χ0v) is 11.0. The number of anilines is 1. The summed E-state index contributed by atoms with van der Waals surface area (Å²) in [5.41, 5.74) is 5.50. The summed E-state index contributed by atoms with van der Waals surface area (Å²) in [4.78, 5) is 3.85. The second-order valence-electron chi connectivity index (χ2n) is 3.61. The largest absolute Gasteiger partial charge is 0.384 e. The molecule has 0 bridgehead atoms. The average Bonchev–Trinajstić information content (AvgIpc) is 2.35. The van der Waals surface area contributed by atoms with Crippen molar-refractivity contribution >= 4 is 28.1 Å². The van der Waals surface area contributed by atoms with Gasteiger partial charge in [-0.15, -0.1) is 0 Å². The Morgan fingerprint density at radius 2 is 2.05 bits per heavy atom. The van der Waals surface area contributed by atoms with Gasteiger partial charge in [0, 0.05) is 11.6 Å². The Morgan fingerprint density at radius 1 is 1.37 bits per heavy atom. The van der Waals surface area contributed by atoms with Crippen LogP contribution in [0.15, 0.2) is 22.7 Å². The van der Waals surface area contributed by atoms with E-state index in [1.807, 2.05) is 0 Å². The van der Waals surface area contributed by atoms with Gasteiger partial charge in [0.2, 0.25) is 5.62 Å². The first-order valence-electron chi connectivity index (χ1n) is 5.03. The van der Waals surface area contributed by atoms with E-state index in [9.17, 15) is 8.78 Å². The molecule has 0 atom stereocenters. The predicted molar refractivity (Wildman–Crippen MR) is 69.7 cm³/mol. The van der Waals surface area contributed by atoms with Crippen molar-refractivity contribution in [2.75, 3.05) is 5.73 Å². The number of halogens is 3. The highest BCUT2D eigenvalue weighted by Gasteiger charge is 2.16. The van der Waals surface area contributed by atoms with Gasteiger partial charge in [0.1, 0.15) is 17.5 Å². The van der Waals surface area contributed by atoms with Crippen molar-refractivity contribution in [3.05, 3.63) is 39.9 Å². The lowest BCUT2D eigenvalue weighted by Gasteiger charge is -2.11. The fraction of sp³-hybridized carbons (Fsp3) is 0. The van der Waals surface area contributed by atoms with Crippen molar-refractivity contribution in [2.45, 2.75) is 0 Å². The summed E-state index contributed by atoms with van der Waals surface area (Å²) >= 11 is 3.14. The lowest BCUT2D eigenvalue weighted by atomic mass is 10.1. The second kappa shape index (κ2) is 4.88. The van der Waals surface area contributed by atoms with E-state index in [0.29, 0.717) is 0 Å². The molecule has 0 saturated heterocycles. The molecule has 8 heteroatoms. The SMILES string of the molecule is N=Cn1c(N)c(Br)c(-c2ccc(F)cc2F)nc1=N. The van der Waals surface area contributed by atoms with Crippen LogP contribution < -0.4 is 11.4 Å². The highest BCUT2D eigenvalue weighted by atomic mass is 79.9. The molecule has 0 radical (unpaired) electrons. The molecule has 0 aliphatic carbocycles. The minimum Gasteiger partial charge on any atom is -0.384 e. The lowest BCUT2D eigenvalue weighted by Crippen LogP contribution is -2.26. The molecule has 0 saturated carbocycles. The summed E-state index contributed by atoms with van der Waals surface area (Å²) in [5, 5.41) is 14.7. The monoisotopic (exact) mass is 327 g/mol. The lowest BCUT2D eigenvalue weighted by molar-refractivity contribution is 0.585. The molecule has 5 nitrogen and oxygen atoms in total. The van der Waals surface area contributed by atoms with E-state index in [2.05, 4.69) is 20.9 Å². The summed E-state index contributed by atoms with van der Waals surface area (Å²) in [6, 6.07) is 3.02. The number of nitrogens with zero attached hydrogens (tertiary/aromatic N) is 2. The average molecular weight is 328 g/mol. The van der Waals surface area contributed by atoms with E-state index in [1.165, 1.54) is 6.07 Å². The second-order valence-corrected chi connectivity index (χ2v) is 4.40. The fourth-order valence-electron chi connectivity index (χ4n) is 1.54. The van der Waals surface area contributed by atoms with E-state index in [0.717, 1.165) is 23.0 Å². The van der Waals surface area contributed by atoms with Crippen molar-refractivity contribution in [1.29, 1.82) is 10.8 Å². The first-order chi connectivity index (χ1) is 8.95. The molecule has 1 heterocycles. The van der Waals surface area contributed by atoms with Crippen molar-refractivity contribution < 1.29 is 8.78 Å². The first-order valence-corrected chi connectivity index (χ1v) is 5.83. The van der Waals surface area contributed by atoms with E-state index in [1.54, 1.807) is 0 Å². The van der Waals surface area contributed by atoms with Crippen LogP contribution in [0, 0.1) is 22.5 Å². The van der Waals surface area contributed by atoms with Crippen LogP contribution in [0.4, 0.5) is 14.6 Å². The van der Waals surface area contributed by atoms with Crippen molar-refractivity contribution in [3.8, 4) is 11.3 Å². The Kier molecular flexibility index (Phi) is 3.43. The van der Waals surface area contributed by atoms with Crippen LogP contribution in [0.3, 0.4) is 0 Å². The molecular weight excluding hydrogens is 320 g/mol. The molecule has 4 N–H and O–H groups in total. The molecule has 0 spiro atoms. The first kappa shape index (κ1) is 13.3. The Balaban J connectivity index is 2.77. The minimum atomic E-state index is -0.806. The fourth-order valence-corrected chi connectivity index (χ4v) is 2.03. The molecule has 19 heavy (non-hydrogen) atoms. The summed E-state index contributed by atoms with van der Waals surface area (Å²) < 4.78 is 27.8. The van der Waals surface area contributed by atoms with Crippen LogP contribution in [0.25, 0.3) is 11.3 Å². The maximum atomic E-state index is 13.7. The van der Waals surface area contributed by atoms with Gasteiger partial charge in [-0.05, 0) is 28.1 Å². The quantitative estimate of drug-likeness (QED) is 0.582. The number of nitrogens with one attached hydrogen (secondary N) is 2. The topological polar surface area (TPSA) is 91.5 Å². The zero-order chi connectivity index (χ0) is 14.2. The summed E-state index contributed by atoms with van der Waals surface area (Å²) in [6.07, 6.45) is 0.820. The van der Waals surface area contributed by atoms with E-state index in [4.69, 9.17) is 16.6 Å². The Bertz CT molecular complexity index is 726. The molecule has 1 aromatic heterocycles. The van der Waals surface area contributed by atoms with Crippen LogP contribution in [0.1, 0.15) is 0 Å². The van der Waals surface area contributed by atoms with Crippen LogP contribution in [-0.2, 0) is 0 Å². The van der Waals surface area contributed by atoms with E-state index in [-0.39, 0.29) is 27.2 Å². The molecule has 98 valence electrons. The molecule has 0 aliphatic heterocycles. The number of hydrogen-bond donors (Lipinski definition) is 3. The van der Waals surface area contributed by atoms with Gasteiger partial charge in [-0.3, -0.25) is 15.4 Å². The molecule has 2 aromatic rings. The molecule has 0 unspecified atom stereocenters. The molecule has 1 aromatic carbocycles. The molecule has 0 aliphatic rings. The smallest absolute Gasteiger partial charge is 0.229 e. The third kappa shape index (κ3) is 2.26. The van der Waals surface area contributed by atoms with Gasteiger partial charge in [0.15, 0.2) is 0 Å². The van der Waals surface area contributed by atoms with E-state index >= 15 is 0 Å². The standard InChI is InChI=1S/C11H8BrF2N5/c12-8-9(6-2-1-5(13)3-7(6)14)18-11(17)19(4-15)10(8)16/h1-4,15,17H,16H2. The van der Waals surface area contributed by atoms with Crippen molar-refractivity contribution in [2.24, 2.45) is 0 Å². The third-order valence-corrected chi connectivity index (χ3v) is 3.24. The summed E-state index contributed by atoms with van der Waals surface area (Å²) in [7, 11) is 0. The van der Waals surface area contributed by atoms with Crippen LogP contribution in [0.5, 0.6) is 0 Å². The molecular formula is C11H8BrF2N5. The predicted octanol–water partition coefficient (Wildman–Crippen LogP) is 2.11. The Hall–Kier alpha value is -2.09. The maximum Gasteiger partial charge on any atom is 0.229 e. The molecule has 2 rings (SSSR count). The van der Waals surface area contributed by atoms with Crippen molar-refractivity contribution in [3.63, 3.8) is 0 Å². The Labute approximate surface area is 114 Å². The molecule has 0 fully saturated rings. The van der Waals surface area contributed by atoms with Gasteiger partial charge in [-0.1, -0.05) is 0 Å². The maximum absolute atomic E-state index is 13.7. The zero-order valence-electron chi connectivity index (χ0n) is 9.42. The highest BCUT2D eigenvalue weighted by molar-refractivity contribution is 9.10. The van der Waals surface area contributed by atoms with Gasteiger partial charge < -0.3 is 5.73 Å². The summed E-state index contributed by atoms with van der Waals surface area (Å²) in [6.45, 7) is 0. The number of aromatic nitrogens is 2.